The molecule has 9 heteroatoms. The fourth-order valence-electron chi connectivity index (χ4n) is 2.77. The molecule has 1 atom stereocenters. The summed E-state index contributed by atoms with van der Waals surface area (Å²) in [6.07, 6.45) is 4.37. The first-order valence-electron chi connectivity index (χ1n) is 9.68. The molecular weight excluding hydrogens is 409 g/mol. The summed E-state index contributed by atoms with van der Waals surface area (Å²) < 4.78 is 19.2. The van der Waals surface area contributed by atoms with Crippen molar-refractivity contribution in [2.75, 3.05) is 12.4 Å². The van der Waals surface area contributed by atoms with Crippen molar-refractivity contribution in [1.82, 2.24) is 19.9 Å². The molecule has 0 radical (unpaired) electrons. The molecule has 0 saturated carbocycles. The Labute approximate surface area is 180 Å². The zero-order chi connectivity index (χ0) is 22.5. The Hall–Kier alpha value is -2.74. The molecule has 0 aromatic carbocycles. The number of ether oxygens (including phenoxy) is 1. The van der Waals surface area contributed by atoms with E-state index in [-0.39, 0.29) is 34.7 Å². The maximum atomic E-state index is 14.5. The maximum absolute atomic E-state index is 14.5. The highest BCUT2D eigenvalue weighted by Crippen LogP contribution is 2.31. The summed E-state index contributed by atoms with van der Waals surface area (Å²) in [7, 11) is 1.33. The van der Waals surface area contributed by atoms with Crippen LogP contribution in [0.2, 0.25) is 5.15 Å². The van der Waals surface area contributed by atoms with Crippen LogP contribution in [0, 0.1) is 11.2 Å². The Balaban J connectivity index is 0.00000155. The molecule has 0 fully saturated rings. The largest absolute Gasteiger partial charge is 0.469 e. The van der Waals surface area contributed by atoms with Crippen molar-refractivity contribution < 1.29 is 13.9 Å². The van der Waals surface area contributed by atoms with Crippen LogP contribution in [0.4, 0.5) is 10.1 Å². The van der Waals surface area contributed by atoms with Gasteiger partial charge < -0.3 is 15.0 Å². The van der Waals surface area contributed by atoms with Gasteiger partial charge in [0, 0.05) is 17.8 Å². The minimum atomic E-state index is -0.521. The monoisotopic (exact) mass is 435 g/mol. The summed E-state index contributed by atoms with van der Waals surface area (Å²) in [5.74, 6) is -0.893. The second kappa shape index (κ2) is 9.84. The number of anilines is 1. The lowest BCUT2D eigenvalue weighted by Crippen LogP contribution is -2.36. The second-order valence-electron chi connectivity index (χ2n) is 7.48. The van der Waals surface area contributed by atoms with Gasteiger partial charge in [-0.05, 0) is 11.5 Å². The molecule has 0 aliphatic rings. The smallest absolute Gasteiger partial charge is 0.307 e. The van der Waals surface area contributed by atoms with Gasteiger partial charge in [-0.25, -0.2) is 14.4 Å². The number of esters is 1. The van der Waals surface area contributed by atoms with Gasteiger partial charge in [-0.1, -0.05) is 46.2 Å². The molecule has 3 rings (SSSR count). The first-order valence-corrected chi connectivity index (χ1v) is 10.1. The number of aromatic nitrogens is 4. The summed E-state index contributed by atoms with van der Waals surface area (Å²) >= 11 is 5.95. The molecule has 1 unspecified atom stereocenters. The molecule has 7 nitrogen and oxygen atoms in total. The van der Waals surface area contributed by atoms with Crippen molar-refractivity contribution in [2.24, 2.45) is 5.41 Å². The number of halogens is 2. The van der Waals surface area contributed by atoms with E-state index < -0.39 is 5.82 Å². The van der Waals surface area contributed by atoms with E-state index in [9.17, 15) is 9.18 Å². The number of nitrogens with one attached hydrogen (secondary N) is 2. The van der Waals surface area contributed by atoms with Crippen LogP contribution in [-0.2, 0) is 9.53 Å². The fourth-order valence-corrected chi connectivity index (χ4v) is 2.91. The molecule has 2 N–H and O–H groups in total. The van der Waals surface area contributed by atoms with Gasteiger partial charge in [0.1, 0.15) is 10.7 Å². The van der Waals surface area contributed by atoms with Gasteiger partial charge in [-0.3, -0.25) is 9.78 Å². The van der Waals surface area contributed by atoms with Crippen LogP contribution in [0.1, 0.15) is 41.0 Å². The van der Waals surface area contributed by atoms with E-state index in [4.69, 9.17) is 16.3 Å². The molecule has 3 aromatic rings. The third-order valence-electron chi connectivity index (χ3n) is 4.46. The van der Waals surface area contributed by atoms with Crippen LogP contribution >= 0.6 is 11.6 Å². The Morgan fingerprint density at radius 1 is 1.30 bits per heavy atom. The van der Waals surface area contributed by atoms with Gasteiger partial charge in [0.2, 0.25) is 0 Å². The van der Waals surface area contributed by atoms with Gasteiger partial charge in [-0.2, -0.15) is 0 Å². The number of carbonyl (C=O) groups excluding carboxylic acids is 1. The summed E-state index contributed by atoms with van der Waals surface area (Å²) in [5, 5.41) is 3.38. The Bertz CT molecular complexity index is 1020. The molecule has 0 amide bonds. The summed E-state index contributed by atoms with van der Waals surface area (Å²) in [6.45, 7) is 9.89. The van der Waals surface area contributed by atoms with Crippen molar-refractivity contribution in [3.05, 3.63) is 35.6 Å². The van der Waals surface area contributed by atoms with E-state index in [2.05, 4.69) is 25.3 Å². The molecule has 0 aliphatic heterocycles. The molecule has 30 heavy (non-hydrogen) atoms. The quantitative estimate of drug-likeness (QED) is 0.533. The number of aromatic amines is 1. The molecular formula is C21H27ClFN5O2. The third-order valence-corrected chi connectivity index (χ3v) is 4.64. The van der Waals surface area contributed by atoms with Gasteiger partial charge >= 0.3 is 5.97 Å². The van der Waals surface area contributed by atoms with Crippen LogP contribution in [0.3, 0.4) is 0 Å². The third kappa shape index (κ3) is 5.44. The van der Waals surface area contributed by atoms with E-state index in [1.54, 1.807) is 12.3 Å². The van der Waals surface area contributed by atoms with Gasteiger partial charge in [0.25, 0.3) is 0 Å². The average Bonchev–Trinajstić information content (AvgIpc) is 3.12. The number of hydrogen-bond donors (Lipinski definition) is 2. The van der Waals surface area contributed by atoms with Crippen molar-refractivity contribution in [3.8, 4) is 11.3 Å². The maximum Gasteiger partial charge on any atom is 0.307 e. The Morgan fingerprint density at radius 2 is 2.00 bits per heavy atom. The van der Waals surface area contributed by atoms with Crippen molar-refractivity contribution >= 4 is 34.4 Å². The lowest BCUT2D eigenvalue weighted by atomic mass is 9.84. The van der Waals surface area contributed by atoms with Crippen molar-refractivity contribution in [2.45, 2.75) is 47.1 Å². The first kappa shape index (κ1) is 23.5. The normalized spacial score (nSPS) is 12.1. The second-order valence-corrected chi connectivity index (χ2v) is 7.87. The zero-order valence-electron chi connectivity index (χ0n) is 18.0. The van der Waals surface area contributed by atoms with E-state index in [1.165, 1.54) is 13.3 Å². The minimum absolute atomic E-state index is 0.102. The van der Waals surface area contributed by atoms with E-state index in [0.717, 1.165) is 6.20 Å². The van der Waals surface area contributed by atoms with Gasteiger partial charge in [0.05, 0.1) is 37.3 Å². The highest BCUT2D eigenvalue weighted by Gasteiger charge is 2.28. The lowest BCUT2D eigenvalue weighted by Gasteiger charge is -2.31. The number of carbonyl (C=O) groups is 1. The van der Waals surface area contributed by atoms with Crippen molar-refractivity contribution in [1.29, 1.82) is 0 Å². The summed E-state index contributed by atoms with van der Waals surface area (Å²) in [6, 6.07) is 1.23. The van der Waals surface area contributed by atoms with Crippen LogP contribution in [0.25, 0.3) is 22.4 Å². The van der Waals surface area contributed by atoms with E-state index in [0.29, 0.717) is 22.4 Å². The standard InChI is InChI=1S/C19H21ClFN5O2.C2H6/c1-19(2,3)14(6-16(27)28-4)25-13-5-12(22-8-11(13)21)10-7-23-18-17(10)26-15(20)9-24-18;1-2/h5,7-9,14H,6H2,1-4H3,(H,22,25)(H,23,24);1-2H3. The number of H-pyrrole nitrogens is 1. The number of pyridine rings is 1. The lowest BCUT2D eigenvalue weighted by molar-refractivity contribution is -0.141. The highest BCUT2D eigenvalue weighted by molar-refractivity contribution is 6.29. The molecule has 0 aliphatic carbocycles. The highest BCUT2D eigenvalue weighted by atomic mass is 35.5. The average molecular weight is 436 g/mol. The molecule has 0 spiro atoms. The van der Waals surface area contributed by atoms with Gasteiger partial charge in [0.15, 0.2) is 11.5 Å². The first-order chi connectivity index (χ1) is 14.2. The molecule has 3 heterocycles. The van der Waals surface area contributed by atoms with Gasteiger partial charge in [-0.15, -0.1) is 0 Å². The molecule has 0 saturated heterocycles. The number of rotatable bonds is 5. The van der Waals surface area contributed by atoms with Crippen LogP contribution in [0.5, 0.6) is 0 Å². The number of methoxy groups -OCH3 is 1. The summed E-state index contributed by atoms with van der Waals surface area (Å²) in [5.41, 5.74) is 2.16. The minimum Gasteiger partial charge on any atom is -0.469 e. The number of hydrogen-bond acceptors (Lipinski definition) is 6. The van der Waals surface area contributed by atoms with Crippen molar-refractivity contribution in [3.63, 3.8) is 0 Å². The van der Waals surface area contributed by atoms with Crippen LogP contribution in [0.15, 0.2) is 24.7 Å². The Kier molecular flexibility index (Phi) is 7.72. The predicted molar refractivity (Wildman–Crippen MR) is 117 cm³/mol. The van der Waals surface area contributed by atoms with Crippen LogP contribution < -0.4 is 5.32 Å². The zero-order valence-corrected chi connectivity index (χ0v) is 18.8. The topological polar surface area (TPSA) is 92.8 Å². The fraction of sp³-hybridized carbons (Fsp3) is 0.429. The number of fused-ring (bicyclic) bond motifs is 1. The Morgan fingerprint density at radius 3 is 2.63 bits per heavy atom. The predicted octanol–water partition coefficient (Wildman–Crippen LogP) is 5.23. The van der Waals surface area contributed by atoms with Crippen LogP contribution in [-0.4, -0.2) is 39.1 Å². The molecule has 0 bridgehead atoms. The SMILES string of the molecule is CC.COC(=O)CC(Nc1cc(-c2c[nH]c3ncc(Cl)nc23)ncc1F)C(C)(C)C. The number of nitrogens with zero attached hydrogens (tertiary/aromatic N) is 3. The molecule has 162 valence electrons. The molecule has 3 aromatic heterocycles. The summed E-state index contributed by atoms with van der Waals surface area (Å²) in [4.78, 5) is 27.4. The van der Waals surface area contributed by atoms with E-state index in [1.807, 2.05) is 34.6 Å². The van der Waals surface area contributed by atoms with E-state index >= 15 is 0 Å².